The molecule has 0 unspecified atom stereocenters. The van der Waals surface area contributed by atoms with Gasteiger partial charge in [-0.25, -0.2) is 9.97 Å². The first-order valence-electron chi connectivity index (χ1n) is 7.41. The molecule has 9 heteroatoms. The van der Waals surface area contributed by atoms with Gasteiger partial charge in [0, 0.05) is 24.4 Å². The number of hydrogen-bond acceptors (Lipinski definition) is 5. The van der Waals surface area contributed by atoms with Crippen molar-refractivity contribution in [3.8, 4) is 5.75 Å². The van der Waals surface area contributed by atoms with E-state index in [-0.39, 0.29) is 24.5 Å². The lowest BCUT2D eigenvalue weighted by molar-refractivity contribution is -0.141. The van der Waals surface area contributed by atoms with Crippen LogP contribution in [0, 0.1) is 13.8 Å². The zero-order valence-corrected chi connectivity index (χ0v) is 13.9. The minimum atomic E-state index is -4.53. The molecule has 2 aromatic rings. The molecular formula is C16H17F3N4O2. The third-order valence-corrected chi connectivity index (χ3v) is 3.29. The average Bonchev–Trinajstić information content (AvgIpc) is 2.53. The molecule has 1 N–H and O–H groups in total. The Kier molecular flexibility index (Phi) is 5.55. The van der Waals surface area contributed by atoms with Crippen LogP contribution in [0.2, 0.25) is 0 Å². The summed E-state index contributed by atoms with van der Waals surface area (Å²) < 4.78 is 43.4. The molecule has 0 radical (unpaired) electrons. The minimum absolute atomic E-state index is 0.0190. The minimum Gasteiger partial charge on any atom is -0.494 e. The van der Waals surface area contributed by atoms with Gasteiger partial charge in [-0.1, -0.05) is 0 Å². The molecule has 0 fully saturated rings. The molecule has 1 amide bonds. The number of alkyl halides is 3. The van der Waals surface area contributed by atoms with Crippen molar-refractivity contribution < 1.29 is 22.7 Å². The number of aryl methyl sites for hydroxylation is 2. The van der Waals surface area contributed by atoms with Crippen LogP contribution in [0.4, 0.5) is 13.2 Å². The smallest absolute Gasteiger partial charge is 0.433 e. The summed E-state index contributed by atoms with van der Waals surface area (Å²) >= 11 is 0. The first-order valence-corrected chi connectivity index (χ1v) is 7.41. The molecular weight excluding hydrogens is 337 g/mol. The Morgan fingerprint density at radius 3 is 2.56 bits per heavy atom. The second-order valence-electron chi connectivity index (χ2n) is 5.34. The van der Waals surface area contributed by atoms with Crippen LogP contribution in [-0.2, 0) is 12.6 Å². The highest BCUT2D eigenvalue weighted by molar-refractivity contribution is 5.96. The van der Waals surface area contributed by atoms with E-state index in [4.69, 9.17) is 4.74 Å². The summed E-state index contributed by atoms with van der Waals surface area (Å²) in [4.78, 5) is 23.7. The first kappa shape index (κ1) is 18.6. The van der Waals surface area contributed by atoms with E-state index >= 15 is 0 Å². The largest absolute Gasteiger partial charge is 0.494 e. The lowest BCUT2D eigenvalue weighted by Gasteiger charge is -2.11. The van der Waals surface area contributed by atoms with Gasteiger partial charge in [0.15, 0.2) is 0 Å². The van der Waals surface area contributed by atoms with E-state index in [1.165, 1.54) is 20.2 Å². The first-order chi connectivity index (χ1) is 11.7. The summed E-state index contributed by atoms with van der Waals surface area (Å²) in [5.41, 5.74) is 0.168. The van der Waals surface area contributed by atoms with E-state index in [0.29, 0.717) is 17.0 Å². The number of carbonyl (C=O) groups is 1. The molecule has 0 saturated heterocycles. The van der Waals surface area contributed by atoms with Gasteiger partial charge in [-0.2, -0.15) is 13.2 Å². The molecule has 6 nitrogen and oxygen atoms in total. The topological polar surface area (TPSA) is 77.0 Å². The maximum absolute atomic E-state index is 12.8. The number of carbonyl (C=O) groups excluding carboxylic acids is 1. The molecule has 0 aromatic carbocycles. The van der Waals surface area contributed by atoms with Gasteiger partial charge in [0.2, 0.25) is 0 Å². The Morgan fingerprint density at radius 1 is 1.20 bits per heavy atom. The fourth-order valence-corrected chi connectivity index (χ4v) is 2.16. The van der Waals surface area contributed by atoms with Gasteiger partial charge in [-0.05, 0) is 26.0 Å². The molecule has 0 aliphatic rings. The van der Waals surface area contributed by atoms with E-state index in [1.54, 1.807) is 13.0 Å². The fraction of sp³-hybridized carbons (Fsp3) is 0.375. The van der Waals surface area contributed by atoms with Gasteiger partial charge in [0.1, 0.15) is 17.3 Å². The third-order valence-electron chi connectivity index (χ3n) is 3.29. The van der Waals surface area contributed by atoms with Crippen molar-refractivity contribution in [2.75, 3.05) is 13.7 Å². The lowest BCUT2D eigenvalue weighted by Crippen LogP contribution is -2.27. The van der Waals surface area contributed by atoms with Gasteiger partial charge < -0.3 is 10.1 Å². The molecule has 0 aliphatic heterocycles. The number of nitrogens with zero attached hydrogens (tertiary/aromatic N) is 3. The normalized spacial score (nSPS) is 11.3. The van der Waals surface area contributed by atoms with Gasteiger partial charge in [-0.3, -0.25) is 9.78 Å². The molecule has 0 bridgehead atoms. The molecule has 2 rings (SSSR count). The number of amides is 1. The van der Waals surface area contributed by atoms with Crippen LogP contribution in [0.1, 0.15) is 33.3 Å². The van der Waals surface area contributed by atoms with E-state index in [0.717, 1.165) is 6.07 Å². The predicted octanol–water partition coefficient (Wildman–Crippen LogP) is 2.49. The van der Waals surface area contributed by atoms with Gasteiger partial charge in [0.05, 0.1) is 18.9 Å². The number of pyridine rings is 1. The number of nitrogens with one attached hydrogen (secondary N) is 1. The molecule has 2 aromatic heterocycles. The molecule has 0 atom stereocenters. The van der Waals surface area contributed by atoms with E-state index in [9.17, 15) is 18.0 Å². The van der Waals surface area contributed by atoms with Gasteiger partial charge >= 0.3 is 6.18 Å². The number of halogens is 3. The molecule has 0 spiro atoms. The summed E-state index contributed by atoms with van der Waals surface area (Å²) in [6.07, 6.45) is -3.03. The van der Waals surface area contributed by atoms with Crippen molar-refractivity contribution in [3.63, 3.8) is 0 Å². The lowest BCUT2D eigenvalue weighted by atomic mass is 10.2. The van der Waals surface area contributed by atoms with Crippen LogP contribution in [-0.4, -0.2) is 34.5 Å². The van der Waals surface area contributed by atoms with Crippen molar-refractivity contribution >= 4 is 5.91 Å². The molecule has 0 aliphatic carbocycles. The summed E-state index contributed by atoms with van der Waals surface area (Å²) in [5, 5.41) is 2.62. The van der Waals surface area contributed by atoms with Gasteiger partial charge in [-0.15, -0.1) is 0 Å². The second-order valence-corrected chi connectivity index (χ2v) is 5.34. The van der Waals surface area contributed by atoms with Crippen molar-refractivity contribution in [2.24, 2.45) is 0 Å². The zero-order chi connectivity index (χ0) is 18.6. The van der Waals surface area contributed by atoms with Crippen molar-refractivity contribution in [1.82, 2.24) is 20.3 Å². The van der Waals surface area contributed by atoms with Crippen LogP contribution >= 0.6 is 0 Å². The Labute approximate surface area is 142 Å². The second kappa shape index (κ2) is 7.45. The van der Waals surface area contributed by atoms with Crippen molar-refractivity contribution in [2.45, 2.75) is 26.4 Å². The van der Waals surface area contributed by atoms with Crippen molar-refractivity contribution in [3.05, 3.63) is 46.8 Å². The quantitative estimate of drug-likeness (QED) is 0.893. The van der Waals surface area contributed by atoms with Crippen LogP contribution in [0.5, 0.6) is 5.75 Å². The van der Waals surface area contributed by atoms with Crippen molar-refractivity contribution in [1.29, 1.82) is 0 Å². The summed E-state index contributed by atoms with van der Waals surface area (Å²) in [7, 11) is 1.42. The highest BCUT2D eigenvalue weighted by Crippen LogP contribution is 2.27. The summed E-state index contributed by atoms with van der Waals surface area (Å²) in [5.74, 6) is -0.0780. The Morgan fingerprint density at radius 2 is 1.92 bits per heavy atom. The number of rotatable bonds is 5. The number of methoxy groups -OCH3 is 1. The third kappa shape index (κ3) is 4.88. The molecule has 0 saturated carbocycles. The van der Waals surface area contributed by atoms with Gasteiger partial charge in [0.25, 0.3) is 5.91 Å². The maximum atomic E-state index is 12.8. The monoisotopic (exact) mass is 354 g/mol. The Hall–Kier alpha value is -2.71. The highest BCUT2D eigenvalue weighted by Gasteiger charge is 2.33. The molecule has 2 heterocycles. The number of hydrogen-bond donors (Lipinski definition) is 1. The maximum Gasteiger partial charge on any atom is 0.433 e. The summed E-state index contributed by atoms with van der Waals surface area (Å²) in [6, 6.07) is 2.45. The average molecular weight is 354 g/mol. The number of aromatic nitrogens is 3. The van der Waals surface area contributed by atoms with E-state index < -0.39 is 17.8 Å². The SMILES string of the molecule is COc1cnc(C)cc1C(=O)NCCc1nc(C)cc(C(F)(F)F)n1. The highest BCUT2D eigenvalue weighted by atomic mass is 19.4. The standard InChI is InChI=1S/C16H17F3N4O2/c1-9-6-11(12(25-3)8-21-9)15(24)20-5-4-14-22-10(2)7-13(23-14)16(17,18)19/h6-8H,4-5H2,1-3H3,(H,20,24). The van der Waals surface area contributed by atoms with Crippen LogP contribution in [0.15, 0.2) is 18.3 Å². The Bertz CT molecular complexity index is 778. The van der Waals surface area contributed by atoms with E-state index in [1.807, 2.05) is 0 Å². The predicted molar refractivity (Wildman–Crippen MR) is 83.3 cm³/mol. The van der Waals surface area contributed by atoms with Crippen LogP contribution < -0.4 is 10.1 Å². The van der Waals surface area contributed by atoms with Crippen LogP contribution in [0.25, 0.3) is 0 Å². The summed E-state index contributed by atoms with van der Waals surface area (Å²) in [6.45, 7) is 3.28. The molecule has 134 valence electrons. The fourth-order valence-electron chi connectivity index (χ4n) is 2.16. The zero-order valence-electron chi connectivity index (χ0n) is 13.9. The van der Waals surface area contributed by atoms with Crippen LogP contribution in [0.3, 0.4) is 0 Å². The van der Waals surface area contributed by atoms with E-state index in [2.05, 4.69) is 20.3 Å². The number of ether oxygens (including phenoxy) is 1. The molecule has 25 heavy (non-hydrogen) atoms. The Balaban J connectivity index is 2.05.